The van der Waals surface area contributed by atoms with Crippen molar-refractivity contribution >= 4 is 0 Å². The Balaban J connectivity index is 0.00000324. The zero-order chi connectivity index (χ0) is 13.4. The molecule has 110 valence electrons. The molecule has 5 heteroatoms. The van der Waals surface area contributed by atoms with E-state index in [1.54, 1.807) is 7.11 Å². The largest absolute Gasteiger partial charge is 1.00 e. The van der Waals surface area contributed by atoms with Crippen LogP contribution in [0, 0.1) is 0 Å². The van der Waals surface area contributed by atoms with Gasteiger partial charge in [-0.3, -0.25) is 0 Å². The fourth-order valence-electron chi connectivity index (χ4n) is 1.70. The molecule has 0 aliphatic heterocycles. The van der Waals surface area contributed by atoms with Crippen molar-refractivity contribution in [3.8, 4) is 11.5 Å². The summed E-state index contributed by atoms with van der Waals surface area (Å²) in [6, 6.07) is 7.35. The lowest BCUT2D eigenvalue weighted by atomic mass is 10.3. The summed E-state index contributed by atoms with van der Waals surface area (Å²) >= 11 is 0. The normalized spacial score (nSPS) is 11.8. The Morgan fingerprint density at radius 3 is 2.11 bits per heavy atom. The Kier molecular flexibility index (Phi) is 9.39. The van der Waals surface area contributed by atoms with Gasteiger partial charge in [0.25, 0.3) is 0 Å². The highest BCUT2D eigenvalue weighted by molar-refractivity contribution is 5.31. The Bertz CT molecular complexity index is 328. The third-order valence-electron chi connectivity index (χ3n) is 2.87. The van der Waals surface area contributed by atoms with E-state index in [1.807, 2.05) is 24.3 Å². The number of nitrogens with zero attached hydrogens (tertiary/aromatic N) is 1. The molecule has 1 rings (SSSR count). The maximum Gasteiger partial charge on any atom is 0.119 e. The van der Waals surface area contributed by atoms with Crippen molar-refractivity contribution in [1.29, 1.82) is 0 Å². The molecule has 0 heterocycles. The minimum Gasteiger partial charge on any atom is -1.00 e. The van der Waals surface area contributed by atoms with E-state index in [2.05, 4.69) is 18.7 Å². The Labute approximate surface area is 121 Å². The molecule has 1 N–H and O–H groups in total. The molecule has 0 aliphatic rings. The lowest BCUT2D eigenvalue weighted by Crippen LogP contribution is -3.00. The summed E-state index contributed by atoms with van der Waals surface area (Å²) in [6.07, 6.45) is -0.466. The molecule has 4 nitrogen and oxygen atoms in total. The van der Waals surface area contributed by atoms with E-state index in [0.717, 1.165) is 24.6 Å². The van der Waals surface area contributed by atoms with Crippen LogP contribution in [-0.2, 0) is 0 Å². The quantitative estimate of drug-likeness (QED) is 0.651. The van der Waals surface area contributed by atoms with Crippen LogP contribution in [0.3, 0.4) is 0 Å². The number of rotatable bonds is 8. The van der Waals surface area contributed by atoms with E-state index in [1.165, 1.54) is 0 Å². The lowest BCUT2D eigenvalue weighted by Gasteiger charge is -2.21. The van der Waals surface area contributed by atoms with Crippen molar-refractivity contribution in [3.05, 3.63) is 24.3 Å². The van der Waals surface area contributed by atoms with Crippen LogP contribution in [0.2, 0.25) is 0 Å². The summed E-state index contributed by atoms with van der Waals surface area (Å²) in [4.78, 5) is 2.17. The average molecular weight is 289 g/mol. The summed E-state index contributed by atoms with van der Waals surface area (Å²) < 4.78 is 10.6. The summed E-state index contributed by atoms with van der Waals surface area (Å²) in [6.45, 7) is 7.00. The van der Waals surface area contributed by atoms with Crippen LogP contribution in [0.4, 0.5) is 0 Å². The van der Waals surface area contributed by atoms with Gasteiger partial charge in [-0.15, -0.1) is 0 Å². The SMILES string of the molecule is CCN(CC)CC(O)COc1ccc(OC)cc1.[Cl-]. The minimum atomic E-state index is -0.466. The van der Waals surface area contributed by atoms with E-state index in [0.29, 0.717) is 13.2 Å². The molecule has 0 bridgehead atoms. The Morgan fingerprint density at radius 2 is 1.63 bits per heavy atom. The van der Waals surface area contributed by atoms with Gasteiger partial charge in [-0.25, -0.2) is 0 Å². The first kappa shape index (κ1) is 18.0. The van der Waals surface area contributed by atoms with Crippen molar-refractivity contribution < 1.29 is 27.0 Å². The predicted octanol–water partition coefficient (Wildman–Crippen LogP) is -1.22. The van der Waals surface area contributed by atoms with Crippen LogP contribution >= 0.6 is 0 Å². The van der Waals surface area contributed by atoms with E-state index in [4.69, 9.17) is 9.47 Å². The lowest BCUT2D eigenvalue weighted by molar-refractivity contribution is -0.00000629. The molecule has 0 fully saturated rings. The smallest absolute Gasteiger partial charge is 0.119 e. The fraction of sp³-hybridized carbons (Fsp3) is 0.571. The molecule has 0 aliphatic carbocycles. The number of benzene rings is 1. The third-order valence-corrected chi connectivity index (χ3v) is 2.87. The number of aliphatic hydroxyl groups is 1. The fourth-order valence-corrected chi connectivity index (χ4v) is 1.70. The predicted molar refractivity (Wildman–Crippen MR) is 72.3 cm³/mol. The molecule has 19 heavy (non-hydrogen) atoms. The highest BCUT2D eigenvalue weighted by atomic mass is 35.5. The van der Waals surface area contributed by atoms with Gasteiger partial charge in [0, 0.05) is 6.54 Å². The van der Waals surface area contributed by atoms with Crippen molar-refractivity contribution in [2.24, 2.45) is 0 Å². The molecule has 1 aromatic carbocycles. The van der Waals surface area contributed by atoms with Gasteiger partial charge in [0.15, 0.2) is 0 Å². The van der Waals surface area contributed by atoms with Gasteiger partial charge >= 0.3 is 0 Å². The number of hydrogen-bond donors (Lipinski definition) is 1. The van der Waals surface area contributed by atoms with Crippen LogP contribution in [-0.4, -0.2) is 49.5 Å². The molecule has 0 aromatic heterocycles. The number of halogens is 1. The highest BCUT2D eigenvalue weighted by Crippen LogP contribution is 2.17. The monoisotopic (exact) mass is 288 g/mol. The second-order valence-electron chi connectivity index (χ2n) is 4.13. The summed E-state index contributed by atoms with van der Waals surface area (Å²) in [5.41, 5.74) is 0. The molecule has 1 atom stereocenters. The highest BCUT2D eigenvalue weighted by Gasteiger charge is 2.09. The van der Waals surface area contributed by atoms with Gasteiger partial charge < -0.3 is 31.9 Å². The average Bonchev–Trinajstić information content (AvgIpc) is 2.43. The molecule has 0 saturated carbocycles. The van der Waals surface area contributed by atoms with Gasteiger partial charge in [-0.2, -0.15) is 0 Å². The van der Waals surface area contributed by atoms with Crippen molar-refractivity contribution in [3.63, 3.8) is 0 Å². The van der Waals surface area contributed by atoms with Crippen LogP contribution in [0.1, 0.15) is 13.8 Å². The van der Waals surface area contributed by atoms with E-state index >= 15 is 0 Å². The van der Waals surface area contributed by atoms with Crippen molar-refractivity contribution in [2.45, 2.75) is 20.0 Å². The van der Waals surface area contributed by atoms with Crippen LogP contribution in [0.15, 0.2) is 24.3 Å². The van der Waals surface area contributed by atoms with Gasteiger partial charge in [0.05, 0.1) is 7.11 Å². The zero-order valence-electron chi connectivity index (χ0n) is 11.8. The maximum absolute atomic E-state index is 9.85. The van der Waals surface area contributed by atoms with E-state index in [-0.39, 0.29) is 12.4 Å². The second kappa shape index (κ2) is 9.89. The summed E-state index contributed by atoms with van der Waals surface area (Å²) in [7, 11) is 1.63. The van der Waals surface area contributed by atoms with Crippen molar-refractivity contribution in [1.82, 2.24) is 4.90 Å². The van der Waals surface area contributed by atoms with E-state index in [9.17, 15) is 5.11 Å². The molecule has 0 amide bonds. The van der Waals surface area contributed by atoms with Crippen LogP contribution in [0.5, 0.6) is 11.5 Å². The van der Waals surface area contributed by atoms with Crippen molar-refractivity contribution in [2.75, 3.05) is 33.4 Å². The van der Waals surface area contributed by atoms with Gasteiger partial charge in [-0.1, -0.05) is 13.8 Å². The van der Waals surface area contributed by atoms with Gasteiger partial charge in [0.2, 0.25) is 0 Å². The van der Waals surface area contributed by atoms with Crippen LogP contribution in [0.25, 0.3) is 0 Å². The van der Waals surface area contributed by atoms with Gasteiger partial charge in [-0.05, 0) is 37.4 Å². The molecular formula is C14H23ClNO3-. The first-order valence-electron chi connectivity index (χ1n) is 6.36. The number of hydrogen-bond acceptors (Lipinski definition) is 4. The topological polar surface area (TPSA) is 41.9 Å². The third kappa shape index (κ3) is 6.66. The number of ether oxygens (including phenoxy) is 2. The second-order valence-corrected chi connectivity index (χ2v) is 4.13. The Hall–Kier alpha value is -0.970. The Morgan fingerprint density at radius 1 is 1.11 bits per heavy atom. The number of aliphatic hydroxyl groups excluding tert-OH is 1. The number of methoxy groups -OCH3 is 1. The number of likely N-dealkylation sites (N-methyl/N-ethyl adjacent to an activating group) is 1. The maximum atomic E-state index is 9.85. The first-order valence-corrected chi connectivity index (χ1v) is 6.36. The molecule has 0 radical (unpaired) electrons. The molecule has 1 aromatic rings. The first-order chi connectivity index (χ1) is 8.69. The zero-order valence-corrected chi connectivity index (χ0v) is 12.6. The summed E-state index contributed by atoms with van der Waals surface area (Å²) in [5, 5.41) is 9.85. The summed E-state index contributed by atoms with van der Waals surface area (Å²) in [5.74, 6) is 1.54. The molecule has 0 spiro atoms. The van der Waals surface area contributed by atoms with Gasteiger partial charge in [0.1, 0.15) is 24.2 Å². The van der Waals surface area contributed by atoms with E-state index < -0.39 is 6.10 Å². The molecule has 0 saturated heterocycles. The van der Waals surface area contributed by atoms with Crippen LogP contribution < -0.4 is 21.9 Å². The minimum absolute atomic E-state index is 0. The molecule has 1 unspecified atom stereocenters. The molecular weight excluding hydrogens is 266 g/mol. The standard InChI is InChI=1S/C14H23NO3.ClH/c1-4-15(5-2)10-12(16)11-18-14-8-6-13(17-3)7-9-14;/h6-9,12,16H,4-5,10-11H2,1-3H3;1H/p-1.